The Labute approximate surface area is 106 Å². The second-order valence-corrected chi connectivity index (χ2v) is 3.76. The number of nitrogens with one attached hydrogen (secondary N) is 2. The van der Waals surface area contributed by atoms with Crippen LogP contribution in [0.15, 0.2) is 54.6 Å². The van der Waals surface area contributed by atoms with E-state index in [-0.39, 0.29) is 5.97 Å². The number of para-hydroxylation sites is 1. The van der Waals surface area contributed by atoms with Crippen LogP contribution in [0.3, 0.4) is 0 Å². The molecule has 0 saturated heterocycles. The third-order valence-corrected chi connectivity index (χ3v) is 2.26. The smallest absolute Gasteiger partial charge is 0.329 e. The van der Waals surface area contributed by atoms with Crippen molar-refractivity contribution in [1.82, 2.24) is 0 Å². The Morgan fingerprint density at radius 2 is 1.44 bits per heavy atom. The summed E-state index contributed by atoms with van der Waals surface area (Å²) in [6, 6.07) is 17.4. The van der Waals surface area contributed by atoms with Gasteiger partial charge in [-0.05, 0) is 36.4 Å². The lowest BCUT2D eigenvalue weighted by molar-refractivity contribution is -0.138. The van der Waals surface area contributed by atoms with Gasteiger partial charge in [-0.25, -0.2) is 5.48 Å². The van der Waals surface area contributed by atoms with Crippen LogP contribution in [0.1, 0.15) is 6.92 Å². The molecule has 2 rings (SSSR count). The predicted octanol–water partition coefficient (Wildman–Crippen LogP) is 3.32. The third kappa shape index (κ3) is 3.52. The van der Waals surface area contributed by atoms with Gasteiger partial charge in [0.15, 0.2) is 0 Å². The summed E-state index contributed by atoms with van der Waals surface area (Å²) in [5, 5.41) is 3.26. The molecular weight excluding hydrogens is 228 g/mol. The summed E-state index contributed by atoms with van der Waals surface area (Å²) in [7, 11) is 0. The molecule has 2 aromatic rings. The van der Waals surface area contributed by atoms with Gasteiger partial charge in [0.05, 0.1) is 5.69 Å². The van der Waals surface area contributed by atoms with Crippen LogP contribution in [0.5, 0.6) is 0 Å². The molecule has 0 aliphatic rings. The van der Waals surface area contributed by atoms with E-state index in [0.29, 0.717) is 0 Å². The first-order chi connectivity index (χ1) is 8.74. The molecule has 0 atom stereocenters. The number of carbonyl (C=O) groups is 1. The largest absolute Gasteiger partial charge is 0.356 e. The maximum atomic E-state index is 10.6. The summed E-state index contributed by atoms with van der Waals surface area (Å²) in [6.07, 6.45) is 0. The van der Waals surface area contributed by atoms with Crippen molar-refractivity contribution in [3.63, 3.8) is 0 Å². The van der Waals surface area contributed by atoms with Gasteiger partial charge in [0, 0.05) is 18.3 Å². The monoisotopic (exact) mass is 242 g/mol. The number of rotatable bonds is 4. The molecule has 0 aliphatic carbocycles. The van der Waals surface area contributed by atoms with Gasteiger partial charge in [-0.3, -0.25) is 4.79 Å². The summed E-state index contributed by atoms with van der Waals surface area (Å²) < 4.78 is 0. The quantitative estimate of drug-likeness (QED) is 0.807. The second-order valence-electron chi connectivity index (χ2n) is 3.76. The average molecular weight is 242 g/mol. The highest BCUT2D eigenvalue weighted by molar-refractivity contribution is 5.68. The van der Waals surface area contributed by atoms with E-state index in [0.717, 1.165) is 17.1 Å². The predicted molar refractivity (Wildman–Crippen MR) is 71.6 cm³/mol. The number of carbonyl (C=O) groups excluding carboxylic acids is 1. The van der Waals surface area contributed by atoms with Crippen molar-refractivity contribution in [2.24, 2.45) is 0 Å². The molecule has 0 aliphatic heterocycles. The van der Waals surface area contributed by atoms with Gasteiger partial charge in [0.25, 0.3) is 0 Å². The molecule has 0 aromatic heterocycles. The summed E-state index contributed by atoms with van der Waals surface area (Å²) in [6.45, 7) is 1.35. The Balaban J connectivity index is 1.97. The lowest BCUT2D eigenvalue weighted by atomic mass is 10.2. The molecule has 4 nitrogen and oxygen atoms in total. The van der Waals surface area contributed by atoms with Gasteiger partial charge in [-0.15, -0.1) is 0 Å². The Kier molecular flexibility index (Phi) is 3.81. The van der Waals surface area contributed by atoms with Crippen LogP contribution in [0.2, 0.25) is 0 Å². The Bertz CT molecular complexity index is 509. The molecule has 18 heavy (non-hydrogen) atoms. The topological polar surface area (TPSA) is 50.4 Å². The zero-order valence-corrected chi connectivity index (χ0v) is 10.0. The summed E-state index contributed by atoms with van der Waals surface area (Å²) in [4.78, 5) is 15.3. The zero-order valence-electron chi connectivity index (χ0n) is 10.0. The number of hydrogen-bond donors (Lipinski definition) is 2. The molecule has 0 fully saturated rings. The van der Waals surface area contributed by atoms with E-state index in [9.17, 15) is 4.79 Å². The maximum Gasteiger partial charge on any atom is 0.329 e. The molecule has 0 unspecified atom stereocenters. The van der Waals surface area contributed by atoms with Gasteiger partial charge >= 0.3 is 5.97 Å². The van der Waals surface area contributed by atoms with Crippen molar-refractivity contribution >= 4 is 23.0 Å². The molecule has 0 radical (unpaired) electrons. The van der Waals surface area contributed by atoms with E-state index in [2.05, 4.69) is 15.6 Å². The van der Waals surface area contributed by atoms with Crippen LogP contribution in [0.25, 0.3) is 0 Å². The molecular formula is C14H14N2O2. The van der Waals surface area contributed by atoms with Crippen LogP contribution in [-0.2, 0) is 9.63 Å². The minimum atomic E-state index is -0.374. The van der Waals surface area contributed by atoms with Crippen molar-refractivity contribution in [2.45, 2.75) is 6.92 Å². The molecule has 4 heteroatoms. The number of benzene rings is 2. The van der Waals surface area contributed by atoms with E-state index < -0.39 is 0 Å². The molecule has 2 aromatic carbocycles. The average Bonchev–Trinajstić information content (AvgIpc) is 2.39. The Morgan fingerprint density at radius 1 is 0.889 bits per heavy atom. The fraction of sp³-hybridized carbons (Fsp3) is 0.0714. The molecule has 0 saturated carbocycles. The molecule has 2 N–H and O–H groups in total. The summed E-state index contributed by atoms with van der Waals surface area (Å²) in [5.74, 6) is -0.374. The lowest BCUT2D eigenvalue weighted by Crippen LogP contribution is -2.05. The van der Waals surface area contributed by atoms with E-state index in [1.165, 1.54) is 6.92 Å². The number of hydrogen-bond acceptors (Lipinski definition) is 4. The second kappa shape index (κ2) is 5.72. The van der Waals surface area contributed by atoms with Crippen LogP contribution < -0.4 is 10.8 Å². The van der Waals surface area contributed by atoms with Crippen LogP contribution >= 0.6 is 0 Å². The standard InChI is InChI=1S/C14H14N2O2/c1-11(17)18-16-14-9-7-13(8-10-14)15-12-5-3-2-4-6-12/h2-10,15-16H,1H3. The highest BCUT2D eigenvalue weighted by Crippen LogP contribution is 2.18. The van der Waals surface area contributed by atoms with E-state index in [1.807, 2.05) is 54.6 Å². The minimum Gasteiger partial charge on any atom is -0.356 e. The van der Waals surface area contributed by atoms with Crippen LogP contribution in [0, 0.1) is 0 Å². The molecule has 0 heterocycles. The summed E-state index contributed by atoms with van der Waals surface area (Å²) >= 11 is 0. The summed E-state index contributed by atoms with van der Waals surface area (Å²) in [5.41, 5.74) is 5.28. The highest BCUT2D eigenvalue weighted by Gasteiger charge is 1.96. The van der Waals surface area contributed by atoms with Crippen LogP contribution in [0.4, 0.5) is 17.1 Å². The zero-order chi connectivity index (χ0) is 12.8. The van der Waals surface area contributed by atoms with Crippen molar-refractivity contribution in [3.05, 3.63) is 54.6 Å². The Hall–Kier alpha value is -2.49. The fourth-order valence-electron chi connectivity index (χ4n) is 1.44. The van der Waals surface area contributed by atoms with Gasteiger partial charge in [0.1, 0.15) is 0 Å². The normalized spacial score (nSPS) is 9.61. The van der Waals surface area contributed by atoms with Crippen molar-refractivity contribution < 1.29 is 9.63 Å². The van der Waals surface area contributed by atoms with Crippen LogP contribution in [-0.4, -0.2) is 5.97 Å². The minimum absolute atomic E-state index is 0.374. The Morgan fingerprint density at radius 3 is 2.06 bits per heavy atom. The lowest BCUT2D eigenvalue weighted by Gasteiger charge is -2.08. The third-order valence-electron chi connectivity index (χ3n) is 2.26. The van der Waals surface area contributed by atoms with Crippen molar-refractivity contribution in [3.8, 4) is 0 Å². The van der Waals surface area contributed by atoms with E-state index >= 15 is 0 Å². The maximum absolute atomic E-state index is 10.6. The van der Waals surface area contributed by atoms with E-state index in [4.69, 9.17) is 0 Å². The highest BCUT2D eigenvalue weighted by atomic mass is 16.7. The number of anilines is 3. The first-order valence-electron chi connectivity index (χ1n) is 5.59. The van der Waals surface area contributed by atoms with E-state index in [1.54, 1.807) is 0 Å². The molecule has 0 spiro atoms. The van der Waals surface area contributed by atoms with Gasteiger partial charge < -0.3 is 10.2 Å². The van der Waals surface area contributed by atoms with Gasteiger partial charge in [0.2, 0.25) is 0 Å². The molecule has 0 bridgehead atoms. The van der Waals surface area contributed by atoms with Crippen molar-refractivity contribution in [1.29, 1.82) is 0 Å². The fourth-order valence-corrected chi connectivity index (χ4v) is 1.44. The SMILES string of the molecule is CC(=O)ONc1ccc(Nc2ccccc2)cc1. The van der Waals surface area contributed by atoms with Gasteiger partial charge in [-0.1, -0.05) is 18.2 Å². The molecule has 0 amide bonds. The first kappa shape index (κ1) is 12.0. The molecule has 92 valence electrons. The van der Waals surface area contributed by atoms with Gasteiger partial charge in [-0.2, -0.15) is 0 Å². The first-order valence-corrected chi connectivity index (χ1v) is 5.59. The van der Waals surface area contributed by atoms with Crippen molar-refractivity contribution in [2.75, 3.05) is 10.8 Å².